The van der Waals surface area contributed by atoms with Crippen molar-refractivity contribution < 1.29 is 23.8 Å². The monoisotopic (exact) mass is 390 g/mol. The summed E-state index contributed by atoms with van der Waals surface area (Å²) in [6.07, 6.45) is 0. The fraction of sp³-hybridized carbons (Fsp3) is 0.167. The van der Waals surface area contributed by atoms with E-state index in [1.54, 1.807) is 13.0 Å². The predicted molar refractivity (Wildman–Crippen MR) is 109 cm³/mol. The van der Waals surface area contributed by atoms with Crippen LogP contribution in [0.2, 0.25) is 0 Å². The smallest absolute Gasteiger partial charge is 0.379 e. The van der Waals surface area contributed by atoms with Crippen LogP contribution in [0.3, 0.4) is 0 Å². The van der Waals surface area contributed by atoms with Crippen LogP contribution in [0.1, 0.15) is 28.4 Å². The van der Waals surface area contributed by atoms with Crippen molar-refractivity contribution in [3.05, 3.63) is 95.6 Å². The lowest BCUT2D eigenvalue weighted by atomic mass is 10.1. The zero-order valence-corrected chi connectivity index (χ0v) is 16.2. The normalized spacial score (nSPS) is 10.2. The van der Waals surface area contributed by atoms with E-state index in [-0.39, 0.29) is 12.2 Å². The summed E-state index contributed by atoms with van der Waals surface area (Å²) in [4.78, 5) is 24.1. The van der Waals surface area contributed by atoms with E-state index < -0.39 is 11.8 Å². The van der Waals surface area contributed by atoms with Gasteiger partial charge in [0.1, 0.15) is 13.2 Å². The number of ketones is 1. The Labute approximate surface area is 169 Å². The molecular formula is C24H22O5. The molecule has 0 fully saturated rings. The van der Waals surface area contributed by atoms with E-state index in [1.165, 1.54) is 12.1 Å². The Morgan fingerprint density at radius 1 is 0.724 bits per heavy atom. The van der Waals surface area contributed by atoms with Crippen LogP contribution >= 0.6 is 0 Å². The number of hydrogen-bond acceptors (Lipinski definition) is 5. The molecule has 0 atom stereocenters. The lowest BCUT2D eigenvalue weighted by Crippen LogP contribution is -2.17. The first-order chi connectivity index (χ1) is 14.2. The Morgan fingerprint density at radius 2 is 1.28 bits per heavy atom. The molecule has 0 unspecified atom stereocenters. The molecule has 0 aliphatic carbocycles. The third kappa shape index (κ3) is 5.69. The summed E-state index contributed by atoms with van der Waals surface area (Å²) >= 11 is 0. The molecule has 0 bridgehead atoms. The molecule has 0 heterocycles. The Morgan fingerprint density at radius 3 is 1.83 bits per heavy atom. The second-order valence-electron chi connectivity index (χ2n) is 6.26. The highest BCUT2D eigenvalue weighted by Crippen LogP contribution is 2.30. The molecule has 0 aromatic heterocycles. The molecule has 5 nitrogen and oxygen atoms in total. The van der Waals surface area contributed by atoms with Gasteiger partial charge in [-0.2, -0.15) is 0 Å². The van der Waals surface area contributed by atoms with Crippen molar-refractivity contribution in [1.29, 1.82) is 0 Å². The maximum atomic E-state index is 12.3. The highest BCUT2D eigenvalue weighted by Gasteiger charge is 2.20. The minimum absolute atomic E-state index is 0.139. The molecular weight excluding hydrogens is 368 g/mol. The van der Waals surface area contributed by atoms with Gasteiger partial charge in [-0.1, -0.05) is 60.7 Å². The van der Waals surface area contributed by atoms with Crippen molar-refractivity contribution in [1.82, 2.24) is 0 Å². The molecule has 0 radical (unpaired) electrons. The second kappa shape index (κ2) is 10.1. The first-order valence-electron chi connectivity index (χ1n) is 9.36. The van der Waals surface area contributed by atoms with Crippen LogP contribution in [0.4, 0.5) is 0 Å². The Bertz CT molecular complexity index is 952. The van der Waals surface area contributed by atoms with E-state index in [4.69, 9.17) is 14.2 Å². The number of benzene rings is 3. The molecule has 3 aromatic carbocycles. The predicted octanol–water partition coefficient (Wildman–Crippen LogP) is 4.59. The van der Waals surface area contributed by atoms with Crippen LogP contribution in [0.5, 0.6) is 11.5 Å². The van der Waals surface area contributed by atoms with Crippen molar-refractivity contribution in [3.63, 3.8) is 0 Å². The fourth-order valence-corrected chi connectivity index (χ4v) is 2.67. The van der Waals surface area contributed by atoms with Gasteiger partial charge in [0.15, 0.2) is 11.5 Å². The van der Waals surface area contributed by atoms with Crippen LogP contribution in [0.15, 0.2) is 78.9 Å². The van der Waals surface area contributed by atoms with Gasteiger partial charge >= 0.3 is 5.97 Å². The number of hydrogen-bond donors (Lipinski definition) is 0. The van der Waals surface area contributed by atoms with Crippen molar-refractivity contribution in [2.45, 2.75) is 20.1 Å². The molecule has 0 saturated heterocycles. The van der Waals surface area contributed by atoms with E-state index >= 15 is 0 Å². The highest BCUT2D eigenvalue weighted by molar-refractivity contribution is 6.40. The molecule has 0 saturated carbocycles. The minimum Gasteiger partial charge on any atom is -0.485 e. The van der Waals surface area contributed by atoms with Gasteiger partial charge in [-0.05, 0) is 36.2 Å². The quantitative estimate of drug-likeness (QED) is 0.304. The first kappa shape index (κ1) is 20.1. The molecule has 0 aliphatic heterocycles. The van der Waals surface area contributed by atoms with Gasteiger partial charge in [-0.25, -0.2) is 4.79 Å². The molecule has 0 amide bonds. The highest BCUT2D eigenvalue weighted by atomic mass is 16.5. The van der Waals surface area contributed by atoms with Crippen LogP contribution in [0.25, 0.3) is 0 Å². The number of carbonyl (C=O) groups is 2. The zero-order chi connectivity index (χ0) is 20.5. The zero-order valence-electron chi connectivity index (χ0n) is 16.2. The number of rotatable bonds is 9. The van der Waals surface area contributed by atoms with Crippen molar-refractivity contribution in [3.8, 4) is 11.5 Å². The van der Waals surface area contributed by atoms with Crippen LogP contribution < -0.4 is 9.47 Å². The Hall–Kier alpha value is -3.60. The average Bonchev–Trinajstić information content (AvgIpc) is 2.77. The number of esters is 1. The molecule has 3 aromatic rings. The van der Waals surface area contributed by atoms with Gasteiger partial charge in [-0.3, -0.25) is 4.79 Å². The minimum atomic E-state index is -0.889. The maximum absolute atomic E-state index is 12.3. The average molecular weight is 390 g/mol. The summed E-state index contributed by atoms with van der Waals surface area (Å²) in [5, 5.41) is 0. The van der Waals surface area contributed by atoms with Gasteiger partial charge < -0.3 is 14.2 Å². The Kier molecular flexibility index (Phi) is 7.00. The third-order valence-corrected chi connectivity index (χ3v) is 4.14. The molecule has 29 heavy (non-hydrogen) atoms. The van der Waals surface area contributed by atoms with Gasteiger partial charge in [-0.15, -0.1) is 0 Å². The second-order valence-corrected chi connectivity index (χ2v) is 6.26. The third-order valence-electron chi connectivity index (χ3n) is 4.14. The summed E-state index contributed by atoms with van der Waals surface area (Å²) in [6.45, 7) is 2.45. The number of carbonyl (C=O) groups excluding carboxylic acids is 2. The topological polar surface area (TPSA) is 61.8 Å². The van der Waals surface area contributed by atoms with E-state index in [0.717, 1.165) is 11.1 Å². The molecule has 3 rings (SSSR count). The molecule has 0 spiro atoms. The van der Waals surface area contributed by atoms with Crippen molar-refractivity contribution >= 4 is 11.8 Å². The standard InChI is InChI=1S/C24H22O5/c1-2-27-24(26)23(25)20-13-14-21(28-16-18-9-5-3-6-10-18)22(15-20)29-17-19-11-7-4-8-12-19/h3-15H,2,16-17H2,1H3. The molecule has 0 aliphatic rings. The van der Waals surface area contributed by atoms with E-state index in [9.17, 15) is 9.59 Å². The lowest BCUT2D eigenvalue weighted by molar-refractivity contribution is -0.137. The summed E-state index contributed by atoms with van der Waals surface area (Å²) in [5.41, 5.74) is 2.18. The van der Waals surface area contributed by atoms with Gasteiger partial charge in [0, 0.05) is 5.56 Å². The van der Waals surface area contributed by atoms with E-state index in [2.05, 4.69) is 0 Å². The molecule has 5 heteroatoms. The summed E-state index contributed by atoms with van der Waals surface area (Å²) < 4.78 is 16.6. The Balaban J connectivity index is 1.81. The van der Waals surface area contributed by atoms with Gasteiger partial charge in [0.25, 0.3) is 5.78 Å². The van der Waals surface area contributed by atoms with E-state index in [1.807, 2.05) is 60.7 Å². The number of Topliss-reactive ketones (excluding diaryl/α,β-unsaturated/α-hetero) is 1. The largest absolute Gasteiger partial charge is 0.485 e. The summed E-state index contributed by atoms with van der Waals surface area (Å²) in [5.74, 6) is -0.726. The SMILES string of the molecule is CCOC(=O)C(=O)c1ccc(OCc2ccccc2)c(OCc2ccccc2)c1. The van der Waals surface area contributed by atoms with Gasteiger partial charge in [0.2, 0.25) is 0 Å². The van der Waals surface area contributed by atoms with E-state index in [0.29, 0.717) is 24.7 Å². The fourth-order valence-electron chi connectivity index (χ4n) is 2.67. The first-order valence-corrected chi connectivity index (χ1v) is 9.36. The van der Waals surface area contributed by atoms with Gasteiger partial charge in [0.05, 0.1) is 6.61 Å². The molecule has 0 N–H and O–H groups in total. The van der Waals surface area contributed by atoms with Crippen molar-refractivity contribution in [2.24, 2.45) is 0 Å². The van der Waals surface area contributed by atoms with Crippen LogP contribution in [0, 0.1) is 0 Å². The summed E-state index contributed by atoms with van der Waals surface area (Å²) in [7, 11) is 0. The van der Waals surface area contributed by atoms with Crippen LogP contribution in [-0.4, -0.2) is 18.4 Å². The molecule has 148 valence electrons. The summed E-state index contributed by atoms with van der Waals surface area (Å²) in [6, 6.07) is 24.1. The van der Waals surface area contributed by atoms with Crippen LogP contribution in [-0.2, 0) is 22.7 Å². The van der Waals surface area contributed by atoms with Crippen molar-refractivity contribution in [2.75, 3.05) is 6.61 Å². The maximum Gasteiger partial charge on any atom is 0.379 e. The lowest BCUT2D eigenvalue weighted by Gasteiger charge is -2.14. The number of ether oxygens (including phenoxy) is 3.